The Morgan fingerprint density at radius 1 is 1.23 bits per heavy atom. The van der Waals surface area contributed by atoms with E-state index in [4.69, 9.17) is 9.47 Å². The number of nitrogens with zero attached hydrogens (tertiary/aromatic N) is 1. The maximum absolute atomic E-state index is 13.9. The number of hydrogen-bond acceptors (Lipinski definition) is 4. The Kier molecular flexibility index (Phi) is 7.09. The Bertz CT molecular complexity index is 1020. The molecule has 0 aromatic heterocycles. The van der Waals surface area contributed by atoms with E-state index in [1.54, 1.807) is 30.4 Å². The minimum absolute atomic E-state index is 0.106. The summed E-state index contributed by atoms with van der Waals surface area (Å²) < 4.78 is 26.0. The van der Waals surface area contributed by atoms with E-state index >= 15 is 0 Å². The molecule has 0 radical (unpaired) electrons. The van der Waals surface area contributed by atoms with Gasteiger partial charge in [-0.05, 0) is 59.4 Å². The topological polar surface area (TPSA) is 67.9 Å². The zero-order chi connectivity index (χ0) is 21.7. The van der Waals surface area contributed by atoms with Gasteiger partial charge in [0.25, 0.3) is 5.91 Å². The molecule has 1 heterocycles. The quantitative estimate of drug-likeness (QED) is 0.240. The number of carbonyl (C=O) groups is 2. The summed E-state index contributed by atoms with van der Waals surface area (Å²) in [6.45, 7) is 6.12. The molecule has 1 saturated heterocycles. The molecular weight excluding hydrogens is 502 g/mol. The van der Waals surface area contributed by atoms with Crippen molar-refractivity contribution >= 4 is 40.6 Å². The third kappa shape index (κ3) is 4.81. The average Bonchev–Trinajstić information content (AvgIpc) is 2.96. The second-order valence-corrected chi connectivity index (χ2v) is 7.50. The first kappa shape index (κ1) is 21.8. The zero-order valence-corrected chi connectivity index (χ0v) is 18.4. The molecule has 30 heavy (non-hydrogen) atoms. The molecule has 0 atom stereocenters. The molecule has 2 aromatic rings. The van der Waals surface area contributed by atoms with Crippen molar-refractivity contribution in [3.63, 3.8) is 0 Å². The molecule has 8 heteroatoms. The Morgan fingerprint density at radius 3 is 2.70 bits per heavy atom. The highest BCUT2D eigenvalue weighted by Gasteiger charge is 2.34. The van der Waals surface area contributed by atoms with Gasteiger partial charge in [0, 0.05) is 5.56 Å². The van der Waals surface area contributed by atoms with Crippen LogP contribution in [0, 0.1) is 9.39 Å². The van der Waals surface area contributed by atoms with Gasteiger partial charge in [0.05, 0.1) is 16.7 Å². The van der Waals surface area contributed by atoms with Crippen LogP contribution in [0.1, 0.15) is 18.1 Å². The number of nitrogens with one attached hydrogen (secondary N) is 1. The molecule has 3 amide bonds. The SMILES string of the molecule is C=CCOc1c(I)cc(/C=C2/NC(=O)N(Cc3ccccc3F)C2=O)cc1OCC. The molecule has 0 aliphatic carbocycles. The van der Waals surface area contributed by atoms with E-state index in [0.717, 1.165) is 8.47 Å². The van der Waals surface area contributed by atoms with Crippen LogP contribution in [0.3, 0.4) is 0 Å². The van der Waals surface area contributed by atoms with Crippen molar-refractivity contribution < 1.29 is 23.5 Å². The van der Waals surface area contributed by atoms with Crippen LogP contribution in [0.15, 0.2) is 54.8 Å². The number of halogens is 2. The lowest BCUT2D eigenvalue weighted by atomic mass is 10.1. The third-order valence-corrected chi connectivity index (χ3v) is 5.04. The lowest BCUT2D eigenvalue weighted by Gasteiger charge is -2.14. The molecular formula is C22H20FIN2O4. The average molecular weight is 522 g/mol. The molecule has 0 saturated carbocycles. The minimum Gasteiger partial charge on any atom is -0.490 e. The number of rotatable bonds is 8. The van der Waals surface area contributed by atoms with Gasteiger partial charge < -0.3 is 14.8 Å². The third-order valence-electron chi connectivity index (χ3n) is 4.24. The van der Waals surface area contributed by atoms with E-state index in [0.29, 0.717) is 30.3 Å². The fraction of sp³-hybridized carbons (Fsp3) is 0.182. The van der Waals surface area contributed by atoms with E-state index in [1.165, 1.54) is 12.1 Å². The summed E-state index contributed by atoms with van der Waals surface area (Å²) in [6.07, 6.45) is 3.20. The maximum atomic E-state index is 13.9. The molecule has 6 nitrogen and oxygen atoms in total. The molecule has 1 fully saturated rings. The molecule has 1 aliphatic heterocycles. The Balaban J connectivity index is 1.87. The molecule has 1 aliphatic rings. The first-order valence-corrected chi connectivity index (χ1v) is 10.3. The van der Waals surface area contributed by atoms with Crippen LogP contribution in [0.2, 0.25) is 0 Å². The fourth-order valence-corrected chi connectivity index (χ4v) is 3.68. The largest absolute Gasteiger partial charge is 0.490 e. The van der Waals surface area contributed by atoms with E-state index in [9.17, 15) is 14.0 Å². The van der Waals surface area contributed by atoms with Gasteiger partial charge in [0.2, 0.25) is 0 Å². The lowest BCUT2D eigenvalue weighted by molar-refractivity contribution is -0.123. The van der Waals surface area contributed by atoms with E-state index in [2.05, 4.69) is 34.5 Å². The van der Waals surface area contributed by atoms with E-state index < -0.39 is 17.8 Å². The van der Waals surface area contributed by atoms with Crippen LogP contribution in [0.25, 0.3) is 6.08 Å². The molecule has 3 rings (SSSR count). The molecule has 0 spiro atoms. The second-order valence-electron chi connectivity index (χ2n) is 6.33. The maximum Gasteiger partial charge on any atom is 0.329 e. The van der Waals surface area contributed by atoms with Gasteiger partial charge in [-0.3, -0.25) is 9.69 Å². The summed E-state index contributed by atoms with van der Waals surface area (Å²) in [4.78, 5) is 26.0. The number of carbonyl (C=O) groups excluding carboxylic acids is 2. The van der Waals surface area contributed by atoms with E-state index in [1.807, 2.05) is 13.0 Å². The fourth-order valence-electron chi connectivity index (χ4n) is 2.90. The molecule has 1 N–H and O–H groups in total. The number of benzene rings is 2. The molecule has 156 valence electrons. The van der Waals surface area contributed by atoms with Crippen molar-refractivity contribution in [2.24, 2.45) is 0 Å². The molecule has 0 unspecified atom stereocenters. The van der Waals surface area contributed by atoms with Crippen LogP contribution in [0.4, 0.5) is 9.18 Å². The smallest absolute Gasteiger partial charge is 0.329 e. The van der Waals surface area contributed by atoms with Crippen LogP contribution in [0.5, 0.6) is 11.5 Å². The minimum atomic E-state index is -0.597. The van der Waals surface area contributed by atoms with Crippen LogP contribution in [-0.2, 0) is 11.3 Å². The number of amides is 3. The van der Waals surface area contributed by atoms with Crippen LogP contribution < -0.4 is 14.8 Å². The summed E-state index contributed by atoms with van der Waals surface area (Å²) in [5.74, 6) is 0.116. The van der Waals surface area contributed by atoms with Crippen molar-refractivity contribution in [2.75, 3.05) is 13.2 Å². The van der Waals surface area contributed by atoms with Gasteiger partial charge in [0.15, 0.2) is 11.5 Å². The van der Waals surface area contributed by atoms with Crippen LogP contribution in [-0.4, -0.2) is 30.1 Å². The summed E-state index contributed by atoms with van der Waals surface area (Å²) in [6, 6.07) is 8.98. The monoisotopic (exact) mass is 522 g/mol. The predicted octanol–water partition coefficient (Wildman–Crippen LogP) is 4.49. The summed E-state index contributed by atoms with van der Waals surface area (Å²) in [5, 5.41) is 2.55. The van der Waals surface area contributed by atoms with Crippen molar-refractivity contribution in [1.29, 1.82) is 0 Å². The zero-order valence-electron chi connectivity index (χ0n) is 16.3. The van der Waals surface area contributed by atoms with E-state index in [-0.39, 0.29) is 17.8 Å². The summed E-state index contributed by atoms with van der Waals surface area (Å²) >= 11 is 2.12. The summed E-state index contributed by atoms with van der Waals surface area (Å²) in [7, 11) is 0. The van der Waals surface area contributed by atoms with Gasteiger partial charge in [-0.15, -0.1) is 0 Å². The first-order chi connectivity index (χ1) is 14.4. The molecule has 2 aromatic carbocycles. The standard InChI is InChI=1S/C22H20FIN2O4/c1-3-9-30-20-17(24)10-14(12-19(20)29-4-2)11-18-21(27)26(22(28)25-18)13-15-7-5-6-8-16(15)23/h3,5-8,10-12H,1,4,9,13H2,2H3,(H,25,28)/b18-11+. The van der Waals surface area contributed by atoms with Gasteiger partial charge in [-0.2, -0.15) is 0 Å². The van der Waals surface area contributed by atoms with Crippen molar-refractivity contribution in [2.45, 2.75) is 13.5 Å². The highest BCUT2D eigenvalue weighted by atomic mass is 127. The summed E-state index contributed by atoms with van der Waals surface area (Å²) in [5.41, 5.74) is 1.03. The van der Waals surface area contributed by atoms with Crippen molar-refractivity contribution in [1.82, 2.24) is 10.2 Å². The van der Waals surface area contributed by atoms with Gasteiger partial charge in [0.1, 0.15) is 18.1 Å². The first-order valence-electron chi connectivity index (χ1n) is 9.22. The number of imide groups is 1. The lowest BCUT2D eigenvalue weighted by Crippen LogP contribution is -2.30. The number of ether oxygens (including phenoxy) is 2. The number of hydrogen-bond donors (Lipinski definition) is 1. The Labute approximate surface area is 187 Å². The Morgan fingerprint density at radius 2 is 2.00 bits per heavy atom. The van der Waals surface area contributed by atoms with Gasteiger partial charge >= 0.3 is 6.03 Å². The highest BCUT2D eigenvalue weighted by molar-refractivity contribution is 14.1. The van der Waals surface area contributed by atoms with Crippen molar-refractivity contribution in [3.05, 3.63) is 75.3 Å². The van der Waals surface area contributed by atoms with Gasteiger partial charge in [-0.1, -0.05) is 30.9 Å². The predicted molar refractivity (Wildman–Crippen MR) is 119 cm³/mol. The molecule has 0 bridgehead atoms. The number of urea groups is 1. The second kappa shape index (κ2) is 9.75. The van der Waals surface area contributed by atoms with Crippen LogP contribution >= 0.6 is 22.6 Å². The highest BCUT2D eigenvalue weighted by Crippen LogP contribution is 2.35. The van der Waals surface area contributed by atoms with Crippen molar-refractivity contribution in [3.8, 4) is 11.5 Å². The van der Waals surface area contributed by atoms with Gasteiger partial charge in [-0.25, -0.2) is 9.18 Å². The normalized spacial score (nSPS) is 14.8. The Hall–Kier alpha value is -2.88.